The van der Waals surface area contributed by atoms with Gasteiger partial charge < -0.3 is 10.6 Å². The molecule has 8 nitrogen and oxygen atoms in total. The van der Waals surface area contributed by atoms with Crippen LogP contribution in [0.4, 0.5) is 19.0 Å². The van der Waals surface area contributed by atoms with Crippen molar-refractivity contribution in [2.45, 2.75) is 25.6 Å². The van der Waals surface area contributed by atoms with Crippen molar-refractivity contribution in [3.8, 4) is 11.3 Å². The van der Waals surface area contributed by atoms with Gasteiger partial charge in [-0.05, 0) is 66.6 Å². The van der Waals surface area contributed by atoms with E-state index in [0.717, 1.165) is 18.6 Å². The lowest BCUT2D eigenvalue weighted by molar-refractivity contribution is -0.137. The molecule has 11 heteroatoms. The first-order chi connectivity index (χ1) is 22.1. The number of carbonyl (C=O) groups excluding carboxylic acids is 3. The Morgan fingerprint density at radius 3 is 2.33 bits per heavy atom. The molecule has 0 spiro atoms. The fourth-order valence-electron chi connectivity index (χ4n) is 4.86. The number of amides is 3. The van der Waals surface area contributed by atoms with Crippen molar-refractivity contribution < 1.29 is 27.6 Å². The molecule has 0 aliphatic rings. The molecule has 3 amide bonds. The number of rotatable bonds is 9. The molecule has 234 valence electrons. The summed E-state index contributed by atoms with van der Waals surface area (Å²) < 4.78 is 39.2. The molecule has 0 aliphatic heterocycles. The first kappa shape index (κ1) is 31.8. The van der Waals surface area contributed by atoms with E-state index in [1.807, 2.05) is 13.0 Å². The van der Waals surface area contributed by atoms with Crippen LogP contribution in [0.15, 0.2) is 103 Å². The Labute approximate surface area is 263 Å². The molecule has 1 atom stereocenters. The van der Waals surface area contributed by atoms with Crippen molar-refractivity contribution in [1.82, 2.24) is 20.6 Å². The Hall–Kier alpha value is -5.58. The van der Waals surface area contributed by atoms with Gasteiger partial charge in [0.2, 0.25) is 5.91 Å². The van der Waals surface area contributed by atoms with Gasteiger partial charge in [0.05, 0.1) is 22.3 Å². The molecule has 0 saturated heterocycles. The third-order valence-electron chi connectivity index (χ3n) is 7.33. The zero-order valence-corrected chi connectivity index (χ0v) is 25.0. The van der Waals surface area contributed by atoms with Crippen LogP contribution < -0.4 is 15.5 Å². The number of anilines is 1. The van der Waals surface area contributed by atoms with Gasteiger partial charge in [0.25, 0.3) is 11.8 Å². The summed E-state index contributed by atoms with van der Waals surface area (Å²) in [6.07, 6.45) is -2.27. The topological polar surface area (TPSA) is 104 Å². The molecule has 5 rings (SSSR count). The maximum atomic E-state index is 13.6. The Morgan fingerprint density at radius 1 is 0.891 bits per heavy atom. The second kappa shape index (κ2) is 13.6. The van der Waals surface area contributed by atoms with Crippen molar-refractivity contribution in [2.75, 3.05) is 18.5 Å². The van der Waals surface area contributed by atoms with Crippen LogP contribution >= 0.6 is 0 Å². The molecule has 5 aromatic rings. The molecule has 0 fully saturated rings. The van der Waals surface area contributed by atoms with Crippen molar-refractivity contribution in [2.24, 2.45) is 0 Å². The molecule has 2 N–H and O–H groups in total. The number of nitrogens with one attached hydrogen (secondary N) is 2. The fourth-order valence-corrected chi connectivity index (χ4v) is 4.86. The highest BCUT2D eigenvalue weighted by Crippen LogP contribution is 2.32. The summed E-state index contributed by atoms with van der Waals surface area (Å²) in [7, 11) is 1.54. The van der Waals surface area contributed by atoms with Crippen molar-refractivity contribution >= 4 is 34.4 Å². The minimum Gasteiger partial charge on any atom is -0.354 e. The Kier molecular flexibility index (Phi) is 9.41. The van der Waals surface area contributed by atoms with Gasteiger partial charge >= 0.3 is 6.18 Å². The molecular weight excluding hydrogens is 595 g/mol. The normalized spacial score (nSPS) is 11.9. The summed E-state index contributed by atoms with van der Waals surface area (Å²) in [5.41, 5.74) is 1.48. The molecule has 0 saturated carbocycles. The van der Waals surface area contributed by atoms with Gasteiger partial charge in [-0.2, -0.15) is 13.2 Å². The second-order valence-electron chi connectivity index (χ2n) is 10.5. The number of hydrogen-bond acceptors (Lipinski definition) is 5. The lowest BCUT2D eigenvalue weighted by Crippen LogP contribution is -2.40. The van der Waals surface area contributed by atoms with Gasteiger partial charge in [0, 0.05) is 36.3 Å². The van der Waals surface area contributed by atoms with Gasteiger partial charge in [0.15, 0.2) is 0 Å². The highest BCUT2D eigenvalue weighted by molar-refractivity contribution is 6.09. The number of halogens is 3. The molecular formula is C35H30F3N5O3. The van der Waals surface area contributed by atoms with Crippen LogP contribution in [0.25, 0.3) is 22.2 Å². The van der Waals surface area contributed by atoms with Crippen molar-refractivity contribution in [3.63, 3.8) is 0 Å². The number of carbonyl (C=O) groups is 3. The highest BCUT2D eigenvalue weighted by atomic mass is 19.4. The third kappa shape index (κ3) is 7.04. The van der Waals surface area contributed by atoms with Crippen molar-refractivity contribution in [1.29, 1.82) is 0 Å². The van der Waals surface area contributed by atoms with Gasteiger partial charge in [-0.3, -0.25) is 24.3 Å². The maximum Gasteiger partial charge on any atom is 0.416 e. The van der Waals surface area contributed by atoms with E-state index < -0.39 is 29.6 Å². The van der Waals surface area contributed by atoms with E-state index in [1.165, 1.54) is 30.3 Å². The predicted molar refractivity (Wildman–Crippen MR) is 169 cm³/mol. The Bertz CT molecular complexity index is 1880. The number of hydrogen-bond donors (Lipinski definition) is 2. The summed E-state index contributed by atoms with van der Waals surface area (Å²) in [5, 5.41) is 6.30. The number of alkyl halides is 3. The summed E-state index contributed by atoms with van der Waals surface area (Å²) in [6, 6.07) is 23.9. The first-order valence-electron chi connectivity index (χ1n) is 14.5. The fraction of sp³-hybridized carbons (Fsp3) is 0.171. The SMILES string of the molecule is CCCNC(=O)[C@@H](NC(=O)c1ccc2nc(N(C)C(=O)c3cccnc3-c3ccc(C(F)(F)F)cc3)ccc2c1)c1ccccc1. The van der Waals surface area contributed by atoms with Gasteiger partial charge in [-0.15, -0.1) is 0 Å². The van der Waals surface area contributed by atoms with Crippen LogP contribution in [-0.2, 0) is 11.0 Å². The van der Waals surface area contributed by atoms with E-state index in [0.29, 0.717) is 40.0 Å². The van der Waals surface area contributed by atoms with E-state index in [2.05, 4.69) is 20.6 Å². The minimum atomic E-state index is -4.48. The standard InChI is InChI=1S/C35H30F3N5O3/c1-3-19-40-33(45)31(22-8-5-4-6-9-22)42-32(44)25-13-17-28-24(21-25)14-18-29(41-28)43(2)34(46)27-10-7-20-39-30(27)23-11-15-26(16-12-23)35(36,37)38/h4-18,20-21,31H,3,19H2,1-2H3,(H,40,45)(H,42,44)/t31-/m0/s1. The molecule has 0 aliphatic carbocycles. The van der Waals surface area contributed by atoms with Gasteiger partial charge in [-0.25, -0.2) is 4.98 Å². The largest absolute Gasteiger partial charge is 0.416 e. The van der Waals surface area contributed by atoms with Crippen molar-refractivity contribution in [3.05, 3.63) is 126 Å². The Morgan fingerprint density at radius 2 is 1.63 bits per heavy atom. The van der Waals surface area contributed by atoms with Gasteiger partial charge in [-0.1, -0.05) is 49.4 Å². The van der Waals surface area contributed by atoms with E-state index in [1.54, 1.807) is 66.7 Å². The molecule has 0 bridgehead atoms. The van der Waals surface area contributed by atoms with Crippen LogP contribution in [0.1, 0.15) is 51.2 Å². The quantitative estimate of drug-likeness (QED) is 0.192. The van der Waals surface area contributed by atoms with E-state index in [9.17, 15) is 27.6 Å². The molecule has 46 heavy (non-hydrogen) atoms. The third-order valence-corrected chi connectivity index (χ3v) is 7.33. The average Bonchev–Trinajstić information content (AvgIpc) is 3.08. The smallest absolute Gasteiger partial charge is 0.354 e. The molecule has 3 aromatic carbocycles. The number of fused-ring (bicyclic) bond motifs is 1. The summed E-state index contributed by atoms with van der Waals surface area (Å²) in [6.45, 7) is 2.42. The molecule has 2 aromatic heterocycles. The number of aromatic nitrogens is 2. The molecule has 0 radical (unpaired) electrons. The number of pyridine rings is 2. The maximum absolute atomic E-state index is 13.6. The lowest BCUT2D eigenvalue weighted by atomic mass is 10.0. The predicted octanol–water partition coefficient (Wildman–Crippen LogP) is 6.59. The van der Waals surface area contributed by atoms with E-state index in [4.69, 9.17) is 0 Å². The number of benzene rings is 3. The van der Waals surface area contributed by atoms with Gasteiger partial charge in [0.1, 0.15) is 11.9 Å². The lowest BCUT2D eigenvalue weighted by Gasteiger charge is -2.19. The second-order valence-corrected chi connectivity index (χ2v) is 10.5. The summed E-state index contributed by atoms with van der Waals surface area (Å²) in [5.74, 6) is -0.893. The zero-order valence-electron chi connectivity index (χ0n) is 25.0. The van der Waals surface area contributed by atoms with E-state index >= 15 is 0 Å². The van der Waals surface area contributed by atoms with Crippen LogP contribution in [0.3, 0.4) is 0 Å². The average molecular weight is 626 g/mol. The summed E-state index contributed by atoms with van der Waals surface area (Å²) in [4.78, 5) is 49.9. The molecule has 0 unspecified atom stereocenters. The number of nitrogens with zero attached hydrogens (tertiary/aromatic N) is 3. The zero-order chi connectivity index (χ0) is 32.8. The highest BCUT2D eigenvalue weighted by Gasteiger charge is 2.30. The monoisotopic (exact) mass is 625 g/mol. The van der Waals surface area contributed by atoms with E-state index in [-0.39, 0.29) is 17.2 Å². The Balaban J connectivity index is 1.36. The minimum absolute atomic E-state index is 0.189. The van der Waals surface area contributed by atoms with Crippen LogP contribution in [-0.4, -0.2) is 41.3 Å². The molecule has 2 heterocycles. The summed E-state index contributed by atoms with van der Waals surface area (Å²) >= 11 is 0. The van der Waals surface area contributed by atoms with Crippen LogP contribution in [0.5, 0.6) is 0 Å². The van der Waals surface area contributed by atoms with Crippen LogP contribution in [0.2, 0.25) is 0 Å². The van der Waals surface area contributed by atoms with Crippen LogP contribution in [0, 0.1) is 0 Å². The first-order valence-corrected chi connectivity index (χ1v) is 14.5.